The number of carbonyl (C=O) groups is 1. The molecule has 0 aliphatic heterocycles. The fourth-order valence-corrected chi connectivity index (χ4v) is 1.64. The molecule has 0 bridgehead atoms. The van der Waals surface area contributed by atoms with Crippen molar-refractivity contribution in [2.45, 2.75) is 6.61 Å². The molecule has 0 atom stereocenters. The largest absolute Gasteiger partial charge is 0.488 e. The fourth-order valence-electron chi connectivity index (χ4n) is 1.28. The standard InChI is InChI=1S/C12H9BrO4/c13-10-2-1-9(12(14)15)5-11(10)17-7-8-3-4-16-6-8/h1-6H,7H2,(H,14,15). The van der Waals surface area contributed by atoms with Crippen molar-refractivity contribution in [1.82, 2.24) is 0 Å². The summed E-state index contributed by atoms with van der Waals surface area (Å²) in [5, 5.41) is 8.87. The minimum absolute atomic E-state index is 0.190. The SMILES string of the molecule is O=C(O)c1ccc(Br)c(OCc2ccoc2)c1. The van der Waals surface area contributed by atoms with Crippen molar-refractivity contribution >= 4 is 21.9 Å². The summed E-state index contributed by atoms with van der Waals surface area (Å²) < 4.78 is 11.1. The predicted octanol–water partition coefficient (Wildman–Crippen LogP) is 3.32. The third kappa shape index (κ3) is 2.88. The lowest BCUT2D eigenvalue weighted by Crippen LogP contribution is -1.99. The van der Waals surface area contributed by atoms with Gasteiger partial charge in [0.1, 0.15) is 12.4 Å². The number of furan rings is 1. The number of benzene rings is 1. The van der Waals surface area contributed by atoms with E-state index in [9.17, 15) is 4.79 Å². The molecule has 0 spiro atoms. The number of rotatable bonds is 4. The van der Waals surface area contributed by atoms with E-state index in [1.165, 1.54) is 12.1 Å². The molecule has 5 heteroatoms. The highest BCUT2D eigenvalue weighted by Crippen LogP contribution is 2.27. The van der Waals surface area contributed by atoms with E-state index >= 15 is 0 Å². The molecule has 0 aliphatic rings. The molecule has 1 N–H and O–H groups in total. The number of aromatic carboxylic acids is 1. The van der Waals surface area contributed by atoms with E-state index in [-0.39, 0.29) is 5.56 Å². The number of hydrogen-bond donors (Lipinski definition) is 1. The van der Waals surface area contributed by atoms with Gasteiger partial charge in [-0.25, -0.2) is 4.79 Å². The van der Waals surface area contributed by atoms with Crippen LogP contribution < -0.4 is 4.74 Å². The topological polar surface area (TPSA) is 59.7 Å². The van der Waals surface area contributed by atoms with Crippen LogP contribution in [0.3, 0.4) is 0 Å². The zero-order valence-electron chi connectivity index (χ0n) is 8.72. The molecule has 2 rings (SSSR count). The van der Waals surface area contributed by atoms with E-state index in [2.05, 4.69) is 15.9 Å². The maximum atomic E-state index is 10.8. The molecule has 0 unspecified atom stereocenters. The Morgan fingerprint density at radius 1 is 1.41 bits per heavy atom. The maximum absolute atomic E-state index is 10.8. The third-order valence-corrected chi connectivity index (χ3v) is 2.81. The lowest BCUT2D eigenvalue weighted by molar-refractivity contribution is 0.0696. The van der Waals surface area contributed by atoms with Crippen LogP contribution in [0.2, 0.25) is 0 Å². The van der Waals surface area contributed by atoms with Gasteiger partial charge in [0.2, 0.25) is 0 Å². The van der Waals surface area contributed by atoms with Gasteiger partial charge in [0, 0.05) is 5.56 Å². The second kappa shape index (κ2) is 5.05. The normalized spacial score (nSPS) is 10.2. The van der Waals surface area contributed by atoms with Gasteiger partial charge in [0.05, 0.1) is 22.6 Å². The van der Waals surface area contributed by atoms with E-state index in [1.807, 2.05) is 0 Å². The summed E-state index contributed by atoms with van der Waals surface area (Å²) in [6.07, 6.45) is 3.14. The number of halogens is 1. The van der Waals surface area contributed by atoms with Crippen LogP contribution in [0, 0.1) is 0 Å². The number of carboxylic acids is 1. The quantitative estimate of drug-likeness (QED) is 0.940. The van der Waals surface area contributed by atoms with Gasteiger partial charge in [-0.15, -0.1) is 0 Å². The van der Waals surface area contributed by atoms with Crippen LogP contribution in [0.15, 0.2) is 45.7 Å². The van der Waals surface area contributed by atoms with Gasteiger partial charge in [-0.1, -0.05) is 0 Å². The zero-order valence-corrected chi connectivity index (χ0v) is 10.3. The van der Waals surface area contributed by atoms with Crippen LogP contribution in [0.25, 0.3) is 0 Å². The van der Waals surface area contributed by atoms with Gasteiger partial charge in [0.15, 0.2) is 0 Å². The molecule has 1 aromatic heterocycles. The molecular weight excluding hydrogens is 288 g/mol. The summed E-state index contributed by atoms with van der Waals surface area (Å²) in [4.78, 5) is 10.8. The Morgan fingerprint density at radius 3 is 2.88 bits per heavy atom. The molecule has 0 amide bonds. The molecular formula is C12H9BrO4. The third-order valence-electron chi connectivity index (χ3n) is 2.15. The smallest absolute Gasteiger partial charge is 0.335 e. The molecule has 1 heterocycles. The summed E-state index contributed by atoms with van der Waals surface area (Å²) in [6, 6.07) is 6.42. The van der Waals surface area contributed by atoms with Crippen LogP contribution >= 0.6 is 15.9 Å². The molecule has 4 nitrogen and oxygen atoms in total. The first kappa shape index (κ1) is 11.7. The summed E-state index contributed by atoms with van der Waals surface area (Å²) in [7, 11) is 0. The molecule has 2 aromatic rings. The first-order valence-corrected chi connectivity index (χ1v) is 5.63. The highest BCUT2D eigenvalue weighted by Gasteiger charge is 2.08. The number of hydrogen-bond acceptors (Lipinski definition) is 3. The van der Waals surface area contributed by atoms with E-state index in [1.54, 1.807) is 24.7 Å². The zero-order chi connectivity index (χ0) is 12.3. The molecule has 0 fully saturated rings. The summed E-state index contributed by atoms with van der Waals surface area (Å²) in [6.45, 7) is 0.332. The van der Waals surface area contributed by atoms with Gasteiger partial charge >= 0.3 is 5.97 Å². The Hall–Kier alpha value is -1.75. The van der Waals surface area contributed by atoms with E-state index in [4.69, 9.17) is 14.3 Å². The summed E-state index contributed by atoms with van der Waals surface area (Å²) in [5.41, 5.74) is 1.08. The highest BCUT2D eigenvalue weighted by atomic mass is 79.9. The maximum Gasteiger partial charge on any atom is 0.335 e. The van der Waals surface area contributed by atoms with Crippen molar-refractivity contribution in [3.05, 3.63) is 52.4 Å². The Morgan fingerprint density at radius 2 is 2.24 bits per heavy atom. The van der Waals surface area contributed by atoms with Gasteiger partial charge in [0.25, 0.3) is 0 Å². The van der Waals surface area contributed by atoms with E-state index < -0.39 is 5.97 Å². The van der Waals surface area contributed by atoms with Gasteiger partial charge in [-0.3, -0.25) is 0 Å². The number of carboxylic acid groups (broad SMARTS) is 1. The Labute approximate surface area is 106 Å². The van der Waals surface area contributed by atoms with Gasteiger partial charge < -0.3 is 14.3 Å². The average molecular weight is 297 g/mol. The van der Waals surface area contributed by atoms with Crippen LogP contribution in [-0.2, 0) is 6.61 Å². The first-order chi connectivity index (χ1) is 8.16. The van der Waals surface area contributed by atoms with Crippen molar-refractivity contribution in [2.24, 2.45) is 0 Å². The molecule has 0 aliphatic carbocycles. The van der Waals surface area contributed by atoms with Crippen molar-refractivity contribution in [1.29, 1.82) is 0 Å². The second-order valence-corrected chi connectivity index (χ2v) is 4.22. The summed E-state index contributed by atoms with van der Waals surface area (Å²) in [5.74, 6) is -0.489. The van der Waals surface area contributed by atoms with E-state index in [0.717, 1.165) is 5.56 Å². The van der Waals surface area contributed by atoms with Crippen molar-refractivity contribution in [3.63, 3.8) is 0 Å². The highest BCUT2D eigenvalue weighted by molar-refractivity contribution is 9.10. The molecule has 17 heavy (non-hydrogen) atoms. The van der Waals surface area contributed by atoms with E-state index in [0.29, 0.717) is 16.8 Å². The van der Waals surface area contributed by atoms with Crippen LogP contribution in [0.1, 0.15) is 15.9 Å². The molecule has 1 aromatic carbocycles. The van der Waals surface area contributed by atoms with Crippen molar-refractivity contribution < 1.29 is 19.1 Å². The van der Waals surface area contributed by atoms with Crippen molar-refractivity contribution in [2.75, 3.05) is 0 Å². The lowest BCUT2D eigenvalue weighted by atomic mass is 10.2. The molecule has 88 valence electrons. The fraction of sp³-hybridized carbons (Fsp3) is 0.0833. The van der Waals surface area contributed by atoms with Crippen LogP contribution in [-0.4, -0.2) is 11.1 Å². The Kier molecular flexibility index (Phi) is 3.49. The molecule has 0 radical (unpaired) electrons. The molecule has 0 saturated carbocycles. The van der Waals surface area contributed by atoms with Gasteiger partial charge in [-0.05, 0) is 40.2 Å². The first-order valence-electron chi connectivity index (χ1n) is 4.83. The minimum Gasteiger partial charge on any atom is -0.488 e. The monoisotopic (exact) mass is 296 g/mol. The minimum atomic E-state index is -0.981. The average Bonchev–Trinajstić information content (AvgIpc) is 2.80. The number of ether oxygens (including phenoxy) is 1. The summed E-state index contributed by atoms with van der Waals surface area (Å²) >= 11 is 3.30. The Balaban J connectivity index is 2.14. The Bertz CT molecular complexity index is 519. The second-order valence-electron chi connectivity index (χ2n) is 3.37. The lowest BCUT2D eigenvalue weighted by Gasteiger charge is -2.07. The van der Waals surface area contributed by atoms with Crippen LogP contribution in [0.5, 0.6) is 5.75 Å². The van der Waals surface area contributed by atoms with Gasteiger partial charge in [-0.2, -0.15) is 0 Å². The van der Waals surface area contributed by atoms with Crippen molar-refractivity contribution in [3.8, 4) is 5.75 Å². The predicted molar refractivity (Wildman–Crippen MR) is 64.1 cm³/mol. The molecule has 0 saturated heterocycles. The van der Waals surface area contributed by atoms with Crippen LogP contribution in [0.4, 0.5) is 0 Å².